The van der Waals surface area contributed by atoms with Crippen molar-refractivity contribution in [2.24, 2.45) is 0 Å². The van der Waals surface area contributed by atoms with Crippen molar-refractivity contribution in [2.45, 2.75) is 37.6 Å². The van der Waals surface area contributed by atoms with Gasteiger partial charge in [-0.2, -0.15) is 0 Å². The van der Waals surface area contributed by atoms with Crippen molar-refractivity contribution in [1.82, 2.24) is 0 Å². The zero-order valence-corrected chi connectivity index (χ0v) is 10.4. The maximum Gasteiger partial charge on any atom is 0.348 e. The fourth-order valence-electron chi connectivity index (χ4n) is 2.90. The molecule has 3 rings (SSSR count). The molecule has 2 heterocycles. The molecule has 1 fully saturated rings. The van der Waals surface area contributed by atoms with E-state index in [0.717, 1.165) is 17.9 Å². The van der Waals surface area contributed by atoms with Crippen LogP contribution in [0.25, 0.3) is 0 Å². The SMILES string of the molecule is O=C(O)c1scc2c1NCC1(CCCCC1)N2. The Morgan fingerprint density at radius 2 is 2.12 bits per heavy atom. The minimum absolute atomic E-state index is 0.155. The Balaban J connectivity index is 1.88. The van der Waals surface area contributed by atoms with Gasteiger partial charge in [0, 0.05) is 11.9 Å². The zero-order valence-electron chi connectivity index (χ0n) is 9.58. The van der Waals surface area contributed by atoms with Crippen LogP contribution >= 0.6 is 11.3 Å². The van der Waals surface area contributed by atoms with Crippen LogP contribution < -0.4 is 10.6 Å². The van der Waals surface area contributed by atoms with Crippen molar-refractivity contribution in [3.63, 3.8) is 0 Å². The Morgan fingerprint density at radius 3 is 2.82 bits per heavy atom. The quantitative estimate of drug-likeness (QED) is 0.719. The molecule has 1 saturated carbocycles. The molecule has 0 unspecified atom stereocenters. The van der Waals surface area contributed by atoms with Crippen LogP contribution in [-0.4, -0.2) is 23.2 Å². The third-order valence-electron chi connectivity index (χ3n) is 3.80. The average Bonchev–Trinajstić information content (AvgIpc) is 2.72. The summed E-state index contributed by atoms with van der Waals surface area (Å²) in [5.41, 5.74) is 1.90. The van der Waals surface area contributed by atoms with Crippen LogP contribution in [0.4, 0.5) is 11.4 Å². The smallest absolute Gasteiger partial charge is 0.348 e. The lowest BCUT2D eigenvalue weighted by atomic mass is 9.80. The molecule has 92 valence electrons. The van der Waals surface area contributed by atoms with E-state index in [0.29, 0.717) is 4.88 Å². The Hall–Kier alpha value is -1.23. The van der Waals surface area contributed by atoms with Gasteiger partial charge in [-0.3, -0.25) is 0 Å². The molecule has 0 amide bonds. The van der Waals surface area contributed by atoms with Gasteiger partial charge in [-0.25, -0.2) is 4.79 Å². The molecule has 3 N–H and O–H groups in total. The highest BCUT2D eigenvalue weighted by atomic mass is 32.1. The van der Waals surface area contributed by atoms with E-state index in [4.69, 9.17) is 5.11 Å². The molecular formula is C12H16N2O2S. The Kier molecular flexibility index (Phi) is 2.50. The van der Waals surface area contributed by atoms with E-state index in [2.05, 4.69) is 10.6 Å². The summed E-state index contributed by atoms with van der Waals surface area (Å²) in [6, 6.07) is 0. The molecule has 1 aliphatic carbocycles. The van der Waals surface area contributed by atoms with Gasteiger partial charge in [-0.05, 0) is 12.8 Å². The van der Waals surface area contributed by atoms with Gasteiger partial charge < -0.3 is 15.7 Å². The van der Waals surface area contributed by atoms with E-state index in [9.17, 15) is 4.79 Å². The number of hydrogen-bond donors (Lipinski definition) is 3. The van der Waals surface area contributed by atoms with Crippen LogP contribution in [0.5, 0.6) is 0 Å². The highest BCUT2D eigenvalue weighted by Crippen LogP contribution is 2.42. The van der Waals surface area contributed by atoms with Crippen LogP contribution in [0.2, 0.25) is 0 Å². The van der Waals surface area contributed by atoms with Gasteiger partial charge in [0.05, 0.1) is 16.9 Å². The normalized spacial score (nSPS) is 21.4. The molecule has 1 spiro atoms. The van der Waals surface area contributed by atoms with E-state index >= 15 is 0 Å². The molecule has 2 aliphatic rings. The minimum Gasteiger partial charge on any atom is -0.477 e. The molecule has 1 aliphatic heterocycles. The van der Waals surface area contributed by atoms with Crippen molar-refractivity contribution < 1.29 is 9.90 Å². The predicted molar refractivity (Wildman–Crippen MR) is 69.2 cm³/mol. The second kappa shape index (κ2) is 3.91. The standard InChI is InChI=1S/C12H16N2O2S/c15-11(16)10-9-8(6-17-10)14-12(7-13-9)4-2-1-3-5-12/h6,13-14H,1-5,7H2,(H,15,16). The highest BCUT2D eigenvalue weighted by molar-refractivity contribution is 7.13. The van der Waals surface area contributed by atoms with Crippen LogP contribution in [0.3, 0.4) is 0 Å². The molecule has 0 aromatic carbocycles. The van der Waals surface area contributed by atoms with Gasteiger partial charge in [0.25, 0.3) is 0 Å². The predicted octanol–water partition coefficient (Wildman–Crippen LogP) is 2.99. The Labute approximate surface area is 104 Å². The first-order chi connectivity index (χ1) is 8.20. The number of nitrogens with one attached hydrogen (secondary N) is 2. The molecule has 1 aromatic heterocycles. The zero-order chi connectivity index (χ0) is 11.9. The van der Waals surface area contributed by atoms with Gasteiger partial charge >= 0.3 is 5.97 Å². The number of thiophene rings is 1. The molecule has 17 heavy (non-hydrogen) atoms. The lowest BCUT2D eigenvalue weighted by molar-refractivity contribution is 0.0703. The number of aromatic carboxylic acids is 1. The van der Waals surface area contributed by atoms with E-state index < -0.39 is 5.97 Å². The van der Waals surface area contributed by atoms with Crippen LogP contribution in [-0.2, 0) is 0 Å². The minimum atomic E-state index is -0.842. The monoisotopic (exact) mass is 252 g/mol. The van der Waals surface area contributed by atoms with Crippen LogP contribution in [0.15, 0.2) is 5.38 Å². The Morgan fingerprint density at radius 1 is 1.35 bits per heavy atom. The number of rotatable bonds is 1. The first kappa shape index (κ1) is 10.9. The Bertz CT molecular complexity index is 449. The summed E-state index contributed by atoms with van der Waals surface area (Å²) in [5.74, 6) is -0.842. The molecular weight excluding hydrogens is 236 g/mol. The maximum absolute atomic E-state index is 11.0. The lowest BCUT2D eigenvalue weighted by Gasteiger charge is -2.42. The van der Waals surface area contributed by atoms with Gasteiger partial charge in [0.2, 0.25) is 0 Å². The third kappa shape index (κ3) is 1.78. The van der Waals surface area contributed by atoms with Crippen LogP contribution in [0.1, 0.15) is 41.8 Å². The number of hydrogen-bond acceptors (Lipinski definition) is 4. The van der Waals surface area contributed by atoms with E-state index in [1.165, 1.54) is 43.4 Å². The topological polar surface area (TPSA) is 61.4 Å². The molecule has 4 nitrogen and oxygen atoms in total. The summed E-state index contributed by atoms with van der Waals surface area (Å²) >= 11 is 1.30. The fourth-order valence-corrected chi connectivity index (χ4v) is 3.71. The van der Waals surface area contributed by atoms with Gasteiger partial charge in [-0.15, -0.1) is 11.3 Å². The molecule has 1 aromatic rings. The molecule has 0 radical (unpaired) electrons. The molecule has 5 heteroatoms. The second-order valence-corrected chi connectivity index (χ2v) is 5.86. The van der Waals surface area contributed by atoms with Crippen molar-refractivity contribution in [3.05, 3.63) is 10.3 Å². The number of carboxylic acids is 1. The van der Waals surface area contributed by atoms with Crippen LogP contribution in [0, 0.1) is 0 Å². The average molecular weight is 252 g/mol. The molecule has 0 atom stereocenters. The molecule has 0 saturated heterocycles. The fraction of sp³-hybridized carbons (Fsp3) is 0.583. The summed E-state index contributed by atoms with van der Waals surface area (Å²) in [7, 11) is 0. The number of carbonyl (C=O) groups is 1. The van der Waals surface area contributed by atoms with Crippen molar-refractivity contribution in [2.75, 3.05) is 17.2 Å². The van der Waals surface area contributed by atoms with Gasteiger partial charge in [-0.1, -0.05) is 19.3 Å². The van der Waals surface area contributed by atoms with Crippen molar-refractivity contribution in [3.8, 4) is 0 Å². The van der Waals surface area contributed by atoms with E-state index in [1.807, 2.05) is 5.38 Å². The largest absolute Gasteiger partial charge is 0.477 e. The van der Waals surface area contributed by atoms with Gasteiger partial charge in [0.1, 0.15) is 4.88 Å². The lowest BCUT2D eigenvalue weighted by Crippen LogP contribution is -2.48. The summed E-state index contributed by atoms with van der Waals surface area (Å²) in [6.45, 7) is 0.844. The number of fused-ring (bicyclic) bond motifs is 1. The van der Waals surface area contributed by atoms with Crippen molar-refractivity contribution >= 4 is 28.7 Å². The second-order valence-electron chi connectivity index (χ2n) is 4.98. The summed E-state index contributed by atoms with van der Waals surface area (Å²) in [5, 5.41) is 17.9. The number of carboxylic acid groups (broad SMARTS) is 1. The maximum atomic E-state index is 11.0. The third-order valence-corrected chi connectivity index (χ3v) is 4.77. The number of anilines is 2. The van der Waals surface area contributed by atoms with E-state index in [1.54, 1.807) is 0 Å². The highest BCUT2D eigenvalue weighted by Gasteiger charge is 2.36. The van der Waals surface area contributed by atoms with E-state index in [-0.39, 0.29) is 5.54 Å². The van der Waals surface area contributed by atoms with Gasteiger partial charge in [0.15, 0.2) is 0 Å². The van der Waals surface area contributed by atoms with Crippen molar-refractivity contribution in [1.29, 1.82) is 0 Å². The molecule has 0 bridgehead atoms. The summed E-state index contributed by atoms with van der Waals surface area (Å²) in [6.07, 6.45) is 6.20. The first-order valence-electron chi connectivity index (χ1n) is 6.07. The first-order valence-corrected chi connectivity index (χ1v) is 6.95. The summed E-state index contributed by atoms with van der Waals surface area (Å²) < 4.78 is 0. The summed E-state index contributed by atoms with van der Waals surface area (Å²) in [4.78, 5) is 11.5.